The van der Waals surface area contributed by atoms with Crippen molar-refractivity contribution in [2.45, 2.75) is 18.4 Å². The van der Waals surface area contributed by atoms with Crippen LogP contribution in [0.4, 0.5) is 0 Å². The lowest BCUT2D eigenvalue weighted by Gasteiger charge is -2.34. The van der Waals surface area contributed by atoms with E-state index >= 15 is 0 Å². The number of sulfone groups is 1. The van der Waals surface area contributed by atoms with Crippen molar-refractivity contribution in [1.29, 1.82) is 0 Å². The van der Waals surface area contributed by atoms with Crippen LogP contribution in [0.15, 0.2) is 0 Å². The van der Waals surface area contributed by atoms with Gasteiger partial charge < -0.3 is 10.0 Å². The Morgan fingerprint density at radius 3 is 2.59 bits per heavy atom. The number of aliphatic carboxylic acids is 1. The van der Waals surface area contributed by atoms with Gasteiger partial charge >= 0.3 is 5.97 Å². The van der Waals surface area contributed by atoms with Crippen molar-refractivity contribution in [3.8, 4) is 0 Å². The average molecular weight is 264 g/mol. The van der Waals surface area contributed by atoms with Crippen molar-refractivity contribution < 1.29 is 18.3 Å². The smallest absolute Gasteiger partial charge is 0.324 e. The monoisotopic (exact) mass is 264 g/mol. The molecule has 0 spiro atoms. The molecule has 1 atom stereocenters. The Kier molecular flexibility index (Phi) is 4.51. The zero-order chi connectivity index (χ0) is 13.1. The molecule has 0 aromatic carbocycles. The molecule has 1 heterocycles. The van der Waals surface area contributed by atoms with E-state index in [0.29, 0.717) is 25.9 Å². The van der Waals surface area contributed by atoms with E-state index in [-0.39, 0.29) is 11.5 Å². The van der Waals surface area contributed by atoms with E-state index in [1.165, 1.54) is 0 Å². The lowest BCUT2D eigenvalue weighted by molar-refractivity contribution is -0.144. The SMILES string of the molecule is CN(C)CCNC1(C(=O)O)CCCS(=O)(=O)C1. The number of rotatable bonds is 5. The van der Waals surface area contributed by atoms with Crippen LogP contribution in [0.2, 0.25) is 0 Å². The fraction of sp³-hybridized carbons (Fsp3) is 0.900. The molecule has 1 unspecified atom stereocenters. The molecule has 1 aliphatic rings. The lowest BCUT2D eigenvalue weighted by atomic mass is 9.95. The summed E-state index contributed by atoms with van der Waals surface area (Å²) in [7, 11) is 0.520. The highest BCUT2D eigenvalue weighted by Gasteiger charge is 2.44. The van der Waals surface area contributed by atoms with Gasteiger partial charge in [0.25, 0.3) is 0 Å². The summed E-state index contributed by atoms with van der Waals surface area (Å²) in [5.74, 6) is -1.28. The summed E-state index contributed by atoms with van der Waals surface area (Å²) >= 11 is 0. The summed E-state index contributed by atoms with van der Waals surface area (Å²) in [5.41, 5.74) is -1.30. The third-order valence-electron chi connectivity index (χ3n) is 2.96. The molecule has 2 N–H and O–H groups in total. The minimum atomic E-state index is -3.24. The number of carboxylic acids is 1. The number of likely N-dealkylation sites (N-methyl/N-ethyl adjacent to an activating group) is 1. The maximum atomic E-state index is 11.6. The van der Waals surface area contributed by atoms with Crippen LogP contribution in [0.1, 0.15) is 12.8 Å². The molecule has 0 aromatic heterocycles. The number of carbonyl (C=O) groups is 1. The highest BCUT2D eigenvalue weighted by atomic mass is 32.2. The van der Waals surface area contributed by atoms with Crippen LogP contribution < -0.4 is 5.32 Å². The van der Waals surface area contributed by atoms with Crippen molar-refractivity contribution in [3.63, 3.8) is 0 Å². The molecule has 0 radical (unpaired) electrons. The Morgan fingerprint density at radius 2 is 2.12 bits per heavy atom. The zero-order valence-electron chi connectivity index (χ0n) is 10.3. The van der Waals surface area contributed by atoms with E-state index in [2.05, 4.69) is 5.32 Å². The van der Waals surface area contributed by atoms with Gasteiger partial charge in [-0.05, 0) is 26.9 Å². The number of hydrogen-bond acceptors (Lipinski definition) is 5. The van der Waals surface area contributed by atoms with Crippen molar-refractivity contribution >= 4 is 15.8 Å². The van der Waals surface area contributed by atoms with E-state index in [4.69, 9.17) is 0 Å². The largest absolute Gasteiger partial charge is 0.480 e. The number of hydrogen-bond donors (Lipinski definition) is 2. The molecule has 100 valence electrons. The molecule has 7 heteroatoms. The maximum Gasteiger partial charge on any atom is 0.324 e. The van der Waals surface area contributed by atoms with Gasteiger partial charge in [0, 0.05) is 13.1 Å². The average Bonchev–Trinajstić information content (AvgIpc) is 2.15. The van der Waals surface area contributed by atoms with Gasteiger partial charge in [0.05, 0.1) is 11.5 Å². The first-order valence-electron chi connectivity index (χ1n) is 5.61. The minimum Gasteiger partial charge on any atom is -0.480 e. The fourth-order valence-electron chi connectivity index (χ4n) is 2.02. The normalized spacial score (nSPS) is 28.2. The van der Waals surface area contributed by atoms with Crippen LogP contribution in [-0.4, -0.2) is 68.6 Å². The summed E-state index contributed by atoms with van der Waals surface area (Å²) in [6, 6.07) is 0. The van der Waals surface area contributed by atoms with Crippen LogP contribution in [0.25, 0.3) is 0 Å². The Bertz CT molecular complexity index is 380. The van der Waals surface area contributed by atoms with Crippen molar-refractivity contribution in [2.75, 3.05) is 38.7 Å². The summed E-state index contributed by atoms with van der Waals surface area (Å²) < 4.78 is 23.1. The molecular weight excluding hydrogens is 244 g/mol. The molecule has 0 aromatic rings. The van der Waals surface area contributed by atoms with Crippen LogP contribution in [0, 0.1) is 0 Å². The van der Waals surface area contributed by atoms with Gasteiger partial charge in [-0.1, -0.05) is 0 Å². The Hall–Kier alpha value is -0.660. The van der Waals surface area contributed by atoms with Crippen molar-refractivity contribution in [2.24, 2.45) is 0 Å². The van der Waals surface area contributed by atoms with Crippen LogP contribution >= 0.6 is 0 Å². The number of carboxylic acid groups (broad SMARTS) is 1. The van der Waals surface area contributed by atoms with Crippen LogP contribution in [-0.2, 0) is 14.6 Å². The molecule has 1 aliphatic heterocycles. The molecule has 1 rings (SSSR count). The first kappa shape index (κ1) is 14.4. The Labute approximate surface area is 102 Å². The molecular formula is C10H20N2O4S. The molecule has 0 amide bonds. The Balaban J connectivity index is 2.72. The van der Waals surface area contributed by atoms with Gasteiger partial charge in [-0.3, -0.25) is 10.1 Å². The van der Waals surface area contributed by atoms with Gasteiger partial charge in [-0.2, -0.15) is 0 Å². The zero-order valence-corrected chi connectivity index (χ0v) is 11.1. The lowest BCUT2D eigenvalue weighted by Crippen LogP contribution is -2.60. The number of nitrogens with zero attached hydrogens (tertiary/aromatic N) is 1. The second-order valence-electron chi connectivity index (χ2n) is 4.81. The van der Waals surface area contributed by atoms with Gasteiger partial charge in [0.2, 0.25) is 0 Å². The topological polar surface area (TPSA) is 86.7 Å². The van der Waals surface area contributed by atoms with E-state index < -0.39 is 21.3 Å². The summed E-state index contributed by atoms with van der Waals surface area (Å²) in [6.45, 7) is 1.14. The highest BCUT2D eigenvalue weighted by Crippen LogP contribution is 2.23. The molecule has 6 nitrogen and oxygen atoms in total. The minimum absolute atomic E-state index is 0.0946. The summed E-state index contributed by atoms with van der Waals surface area (Å²) in [5, 5.41) is 12.1. The molecule has 0 saturated carbocycles. The van der Waals surface area contributed by atoms with Crippen molar-refractivity contribution in [3.05, 3.63) is 0 Å². The predicted octanol–water partition coefficient (Wildman–Crippen LogP) is -0.830. The standard InChI is InChI=1S/C10H20N2O4S/c1-12(2)6-5-11-10(9(13)14)4-3-7-17(15,16)8-10/h11H,3-8H2,1-2H3,(H,13,14). The first-order chi connectivity index (χ1) is 7.77. The second kappa shape index (κ2) is 5.32. The Morgan fingerprint density at radius 1 is 1.47 bits per heavy atom. The van der Waals surface area contributed by atoms with E-state index in [0.717, 1.165) is 0 Å². The van der Waals surface area contributed by atoms with Crippen molar-refractivity contribution in [1.82, 2.24) is 10.2 Å². The van der Waals surface area contributed by atoms with Gasteiger partial charge in [0.15, 0.2) is 9.84 Å². The van der Waals surface area contributed by atoms with Crippen LogP contribution in [0.5, 0.6) is 0 Å². The molecule has 17 heavy (non-hydrogen) atoms. The second-order valence-corrected chi connectivity index (χ2v) is 7.00. The van der Waals surface area contributed by atoms with Gasteiger partial charge in [-0.25, -0.2) is 8.42 Å². The van der Waals surface area contributed by atoms with Gasteiger partial charge in [-0.15, -0.1) is 0 Å². The summed E-state index contributed by atoms with van der Waals surface area (Å²) in [4.78, 5) is 13.2. The van der Waals surface area contributed by atoms with Gasteiger partial charge in [0.1, 0.15) is 5.54 Å². The quantitative estimate of drug-likeness (QED) is 0.674. The number of nitrogens with one attached hydrogen (secondary N) is 1. The predicted molar refractivity (Wildman–Crippen MR) is 64.8 cm³/mol. The molecule has 1 saturated heterocycles. The fourth-order valence-corrected chi connectivity index (χ4v) is 3.87. The highest BCUT2D eigenvalue weighted by molar-refractivity contribution is 7.91. The summed E-state index contributed by atoms with van der Waals surface area (Å²) in [6.07, 6.45) is 0.776. The molecule has 0 bridgehead atoms. The van der Waals surface area contributed by atoms with E-state index in [9.17, 15) is 18.3 Å². The van der Waals surface area contributed by atoms with E-state index in [1.54, 1.807) is 0 Å². The maximum absolute atomic E-state index is 11.6. The van der Waals surface area contributed by atoms with E-state index in [1.807, 2.05) is 19.0 Å². The molecule has 1 fully saturated rings. The van der Waals surface area contributed by atoms with Crippen LogP contribution in [0.3, 0.4) is 0 Å². The third-order valence-corrected chi connectivity index (χ3v) is 4.80. The third kappa shape index (κ3) is 3.93. The first-order valence-corrected chi connectivity index (χ1v) is 7.43. The molecule has 0 aliphatic carbocycles.